The van der Waals surface area contributed by atoms with Crippen LogP contribution in [0.25, 0.3) is 0 Å². The first-order valence-corrected chi connectivity index (χ1v) is 6.71. The van der Waals surface area contributed by atoms with Crippen molar-refractivity contribution in [3.8, 4) is 0 Å². The van der Waals surface area contributed by atoms with E-state index in [-0.39, 0.29) is 17.6 Å². The Bertz CT molecular complexity index is 631. The summed E-state index contributed by atoms with van der Waals surface area (Å²) in [6, 6.07) is 13.1. The van der Waals surface area contributed by atoms with Crippen molar-refractivity contribution in [2.24, 2.45) is 11.7 Å². The maximum absolute atomic E-state index is 13.4. The number of nitro groups is 1. The lowest BCUT2D eigenvalue weighted by Crippen LogP contribution is -2.20. The molecule has 0 aliphatic heterocycles. The predicted molar refractivity (Wildman–Crippen MR) is 79.3 cm³/mol. The minimum atomic E-state index is -0.598. The van der Waals surface area contributed by atoms with Crippen LogP contribution in [0, 0.1) is 21.8 Å². The Hall–Kier alpha value is -2.27. The van der Waals surface area contributed by atoms with E-state index in [0.29, 0.717) is 12.0 Å². The van der Waals surface area contributed by atoms with Crippen LogP contribution < -0.4 is 5.73 Å². The quantitative estimate of drug-likeness (QED) is 0.675. The number of rotatable bonds is 5. The Morgan fingerprint density at radius 1 is 1.24 bits per heavy atom. The van der Waals surface area contributed by atoms with Crippen LogP contribution in [0.1, 0.15) is 24.1 Å². The van der Waals surface area contributed by atoms with Crippen molar-refractivity contribution in [3.05, 3.63) is 75.6 Å². The summed E-state index contributed by atoms with van der Waals surface area (Å²) in [5.74, 6) is -0.562. The van der Waals surface area contributed by atoms with Crippen molar-refractivity contribution >= 4 is 5.69 Å². The molecule has 2 atom stereocenters. The van der Waals surface area contributed by atoms with Gasteiger partial charge in [-0.05, 0) is 29.5 Å². The van der Waals surface area contributed by atoms with Gasteiger partial charge in [0.2, 0.25) is 0 Å². The summed E-state index contributed by atoms with van der Waals surface area (Å²) < 4.78 is 13.4. The van der Waals surface area contributed by atoms with Crippen molar-refractivity contribution in [3.63, 3.8) is 0 Å². The normalized spacial score (nSPS) is 13.7. The molecule has 0 aromatic heterocycles. The maximum atomic E-state index is 13.4. The van der Waals surface area contributed by atoms with Crippen LogP contribution in [0.4, 0.5) is 10.1 Å². The average Bonchev–Trinajstić information content (AvgIpc) is 2.46. The van der Waals surface area contributed by atoms with Gasteiger partial charge in [-0.3, -0.25) is 10.1 Å². The van der Waals surface area contributed by atoms with Crippen LogP contribution in [0.2, 0.25) is 0 Å². The molecule has 0 heterocycles. The van der Waals surface area contributed by atoms with Gasteiger partial charge in [0, 0.05) is 12.1 Å². The van der Waals surface area contributed by atoms with E-state index in [9.17, 15) is 14.5 Å². The first-order valence-electron chi connectivity index (χ1n) is 6.71. The molecule has 0 saturated heterocycles. The molecular weight excluding hydrogens is 271 g/mol. The first kappa shape index (κ1) is 15.1. The summed E-state index contributed by atoms with van der Waals surface area (Å²) in [7, 11) is 0. The molecule has 2 unspecified atom stereocenters. The highest BCUT2D eigenvalue weighted by atomic mass is 19.1. The van der Waals surface area contributed by atoms with Crippen molar-refractivity contribution in [2.45, 2.75) is 19.4 Å². The van der Waals surface area contributed by atoms with Gasteiger partial charge in [-0.25, -0.2) is 4.39 Å². The molecule has 2 N–H and O–H groups in total. The molecule has 0 spiro atoms. The fraction of sp³-hybridized carbons (Fsp3) is 0.250. The molecule has 21 heavy (non-hydrogen) atoms. The van der Waals surface area contributed by atoms with E-state index in [1.807, 2.05) is 37.3 Å². The fourth-order valence-corrected chi connectivity index (χ4v) is 2.36. The summed E-state index contributed by atoms with van der Waals surface area (Å²) in [6.45, 7) is 1.95. The molecule has 0 saturated carbocycles. The minimum absolute atomic E-state index is 0.0359. The summed E-state index contributed by atoms with van der Waals surface area (Å²) in [5.41, 5.74) is 7.54. The highest BCUT2D eigenvalue weighted by Gasteiger charge is 2.17. The van der Waals surface area contributed by atoms with Crippen LogP contribution in [0.15, 0.2) is 48.5 Å². The molecule has 2 aromatic carbocycles. The van der Waals surface area contributed by atoms with Crippen molar-refractivity contribution in [1.29, 1.82) is 0 Å². The molecule has 0 radical (unpaired) electrons. The fourth-order valence-electron chi connectivity index (χ4n) is 2.36. The number of nitro benzene ring substituents is 1. The molecule has 0 amide bonds. The van der Waals surface area contributed by atoms with Gasteiger partial charge in [-0.1, -0.05) is 37.3 Å². The zero-order valence-corrected chi connectivity index (χ0v) is 11.7. The molecule has 0 aliphatic carbocycles. The number of benzene rings is 2. The summed E-state index contributed by atoms with van der Waals surface area (Å²) in [4.78, 5) is 10.2. The minimum Gasteiger partial charge on any atom is -0.324 e. The number of hydrogen-bond acceptors (Lipinski definition) is 3. The van der Waals surface area contributed by atoms with E-state index in [1.54, 1.807) is 0 Å². The maximum Gasteiger partial charge on any atom is 0.272 e. The van der Waals surface area contributed by atoms with Crippen LogP contribution in [-0.4, -0.2) is 4.92 Å². The number of nitrogens with zero attached hydrogens (tertiary/aromatic N) is 1. The van der Waals surface area contributed by atoms with Gasteiger partial charge in [0.25, 0.3) is 5.69 Å². The smallest absolute Gasteiger partial charge is 0.272 e. The van der Waals surface area contributed by atoms with Crippen molar-refractivity contribution in [2.75, 3.05) is 0 Å². The van der Waals surface area contributed by atoms with Crippen molar-refractivity contribution < 1.29 is 9.31 Å². The molecule has 4 nitrogen and oxygen atoms in total. The monoisotopic (exact) mass is 288 g/mol. The van der Waals surface area contributed by atoms with Gasteiger partial charge in [0.05, 0.1) is 11.0 Å². The zero-order valence-electron chi connectivity index (χ0n) is 11.7. The number of hydrogen-bond donors (Lipinski definition) is 1. The first-order chi connectivity index (χ1) is 9.97. The van der Waals surface area contributed by atoms with Gasteiger partial charge in [-0.15, -0.1) is 0 Å². The molecule has 0 bridgehead atoms. The lowest BCUT2D eigenvalue weighted by molar-refractivity contribution is -0.385. The molecule has 0 aliphatic rings. The third kappa shape index (κ3) is 3.86. The Kier molecular flexibility index (Phi) is 4.65. The lowest BCUT2D eigenvalue weighted by atomic mass is 9.90. The number of halogens is 1. The van der Waals surface area contributed by atoms with Gasteiger partial charge >= 0.3 is 0 Å². The Morgan fingerprint density at radius 3 is 2.52 bits per heavy atom. The number of non-ortho nitro benzene ring substituents is 1. The van der Waals surface area contributed by atoms with Gasteiger partial charge in [-0.2, -0.15) is 0 Å². The van der Waals surface area contributed by atoms with Crippen LogP contribution in [0.5, 0.6) is 0 Å². The van der Waals surface area contributed by atoms with Crippen molar-refractivity contribution in [1.82, 2.24) is 0 Å². The van der Waals surface area contributed by atoms with Gasteiger partial charge in [0.15, 0.2) is 0 Å². The van der Waals surface area contributed by atoms with E-state index < -0.39 is 10.7 Å². The molecule has 2 rings (SSSR count). The molecule has 5 heteroatoms. The molecule has 2 aromatic rings. The highest BCUT2D eigenvalue weighted by molar-refractivity contribution is 5.35. The van der Waals surface area contributed by atoms with E-state index in [1.165, 1.54) is 12.1 Å². The van der Waals surface area contributed by atoms with E-state index >= 15 is 0 Å². The van der Waals surface area contributed by atoms with E-state index in [2.05, 4.69) is 0 Å². The second-order valence-electron chi connectivity index (χ2n) is 5.19. The lowest BCUT2D eigenvalue weighted by Gasteiger charge is -2.20. The van der Waals surface area contributed by atoms with Crippen LogP contribution in [0.3, 0.4) is 0 Å². The summed E-state index contributed by atoms with van der Waals surface area (Å²) in [5, 5.41) is 10.8. The third-order valence-corrected chi connectivity index (χ3v) is 3.51. The molecule has 110 valence electrons. The van der Waals surface area contributed by atoms with Gasteiger partial charge < -0.3 is 5.73 Å². The topological polar surface area (TPSA) is 69.2 Å². The molecule has 0 fully saturated rings. The zero-order chi connectivity index (χ0) is 15.4. The van der Waals surface area contributed by atoms with Crippen LogP contribution in [-0.2, 0) is 6.42 Å². The summed E-state index contributed by atoms with van der Waals surface area (Å²) in [6.07, 6.45) is 0.481. The Balaban J connectivity index is 2.16. The molecular formula is C16H17FN2O2. The standard InChI is InChI=1S/C16H17FN2O2/c1-11(16(18)13-5-3-2-4-6-13)7-12-8-14(17)10-15(9-12)19(20)21/h2-6,8-11,16H,7,18H2,1H3. The largest absolute Gasteiger partial charge is 0.324 e. The van der Waals surface area contributed by atoms with Crippen LogP contribution >= 0.6 is 0 Å². The summed E-state index contributed by atoms with van der Waals surface area (Å²) >= 11 is 0. The predicted octanol–water partition coefficient (Wildman–Crippen LogP) is 3.61. The average molecular weight is 288 g/mol. The second kappa shape index (κ2) is 6.45. The third-order valence-electron chi connectivity index (χ3n) is 3.51. The Labute approximate surface area is 122 Å². The second-order valence-corrected chi connectivity index (χ2v) is 5.19. The highest BCUT2D eigenvalue weighted by Crippen LogP contribution is 2.25. The van der Waals surface area contributed by atoms with E-state index in [0.717, 1.165) is 11.6 Å². The van der Waals surface area contributed by atoms with Gasteiger partial charge in [0.1, 0.15) is 5.82 Å². The SMILES string of the molecule is CC(Cc1cc(F)cc([N+](=O)[O-])c1)C(N)c1ccccc1. The number of nitrogens with two attached hydrogens (primary N) is 1. The Morgan fingerprint density at radius 2 is 1.90 bits per heavy atom. The van der Waals surface area contributed by atoms with E-state index in [4.69, 9.17) is 5.73 Å².